The van der Waals surface area contributed by atoms with E-state index in [1.807, 2.05) is 0 Å². The minimum atomic E-state index is -0.220. The quantitative estimate of drug-likeness (QED) is 0.161. The van der Waals surface area contributed by atoms with E-state index in [1.54, 1.807) is 0 Å². The summed E-state index contributed by atoms with van der Waals surface area (Å²) in [4.78, 5) is 39.0. The van der Waals surface area contributed by atoms with Crippen LogP contribution in [0, 0.1) is 11.8 Å². The fourth-order valence-electron chi connectivity index (χ4n) is 4.14. The van der Waals surface area contributed by atoms with E-state index in [0.29, 0.717) is 25.0 Å². The summed E-state index contributed by atoms with van der Waals surface area (Å²) in [5.41, 5.74) is 0. The molecule has 1 N–H and O–H groups in total. The van der Waals surface area contributed by atoms with E-state index in [9.17, 15) is 14.4 Å². The van der Waals surface area contributed by atoms with E-state index in [-0.39, 0.29) is 23.5 Å². The molecule has 0 bridgehead atoms. The van der Waals surface area contributed by atoms with Crippen LogP contribution < -0.4 is 5.23 Å². The number of nitrogens with one attached hydrogen (secondary N) is 1. The van der Waals surface area contributed by atoms with Gasteiger partial charge in [0.2, 0.25) is 0 Å². The van der Waals surface area contributed by atoms with E-state index in [0.717, 1.165) is 76.6 Å². The molecule has 30 heavy (non-hydrogen) atoms. The van der Waals surface area contributed by atoms with Gasteiger partial charge in [-0.3, -0.25) is 4.79 Å². The summed E-state index contributed by atoms with van der Waals surface area (Å²) in [5, 5.41) is 2.68. The van der Waals surface area contributed by atoms with Crippen molar-refractivity contribution in [3.63, 3.8) is 0 Å². The zero-order chi connectivity index (χ0) is 22.2. The summed E-state index contributed by atoms with van der Waals surface area (Å²) >= 11 is 4.14. The zero-order valence-corrected chi connectivity index (χ0v) is 20.5. The summed E-state index contributed by atoms with van der Waals surface area (Å²) < 4.78 is 3.72. The Morgan fingerprint density at radius 3 is 2.37 bits per heavy atom. The molecular weight excluding hydrogens is 416 g/mol. The second kappa shape index (κ2) is 17.0. The second-order valence-electron chi connectivity index (χ2n) is 8.33. The van der Waals surface area contributed by atoms with Crippen LogP contribution in [0.1, 0.15) is 77.0 Å². The van der Waals surface area contributed by atoms with Crippen molar-refractivity contribution in [2.75, 3.05) is 25.9 Å². The van der Waals surface area contributed by atoms with Crippen molar-refractivity contribution in [3.8, 4) is 0 Å². The van der Waals surface area contributed by atoms with Crippen molar-refractivity contribution < 1.29 is 14.4 Å². The van der Waals surface area contributed by atoms with Crippen LogP contribution in [0.4, 0.5) is 0 Å². The molecule has 2 unspecified atom stereocenters. The molecule has 0 radical (unpaired) electrons. The standard InChI is InChI=1S/C21H39BN3O3PS/c1-25(14-6-2-3-9-17(26)10-8-16-30)15-7-13-20(27)18-11-4-5-12-19(18)21(28)23-22-24-29/h18-19,30H,2-16,29H2,1H3,(H,23,28)/t18?,19-/m1/s1. The number of hydrogen-bond acceptors (Lipinski definition) is 6. The van der Waals surface area contributed by atoms with Crippen LogP contribution in [-0.2, 0) is 14.4 Å². The molecule has 0 saturated heterocycles. The minimum absolute atomic E-state index is 0.0829. The van der Waals surface area contributed by atoms with Crippen LogP contribution in [0.5, 0.6) is 0 Å². The van der Waals surface area contributed by atoms with Gasteiger partial charge < -0.3 is 0 Å². The summed E-state index contributed by atoms with van der Waals surface area (Å²) in [6, 6.07) is 0. The first-order valence-corrected chi connectivity index (χ1v) is 12.5. The van der Waals surface area contributed by atoms with E-state index in [2.05, 4.69) is 43.9 Å². The Morgan fingerprint density at radius 1 is 1.00 bits per heavy atom. The number of hydrogen-bond donors (Lipinski definition) is 2. The molecule has 0 aromatic heterocycles. The molecule has 0 spiro atoms. The molecule has 3 atom stereocenters. The van der Waals surface area contributed by atoms with Crippen molar-refractivity contribution in [1.29, 1.82) is 0 Å². The molecular formula is C21H39BN3O3PS. The fourth-order valence-corrected chi connectivity index (χ4v) is 4.37. The molecule has 1 amide bonds. The van der Waals surface area contributed by atoms with Crippen LogP contribution >= 0.6 is 22.0 Å². The van der Waals surface area contributed by atoms with Crippen LogP contribution in [0.25, 0.3) is 0 Å². The van der Waals surface area contributed by atoms with E-state index >= 15 is 0 Å². The Bertz CT molecular complexity index is 566. The van der Waals surface area contributed by atoms with Crippen LogP contribution in [0.3, 0.4) is 0 Å². The number of Topliss-reactive ketones (excluding diaryl/α,β-unsaturated/α-hetero) is 2. The van der Waals surface area contributed by atoms with Gasteiger partial charge in [-0.15, -0.1) is 0 Å². The van der Waals surface area contributed by atoms with Crippen molar-refractivity contribution in [3.05, 3.63) is 0 Å². The van der Waals surface area contributed by atoms with Gasteiger partial charge in [-0.1, -0.05) is 0 Å². The first kappa shape index (κ1) is 27.4. The number of unbranched alkanes of at least 4 members (excludes halogenated alkanes) is 2. The third-order valence-corrected chi connectivity index (χ3v) is 6.34. The predicted molar refractivity (Wildman–Crippen MR) is 130 cm³/mol. The number of carbonyl (C=O) groups is 3. The van der Waals surface area contributed by atoms with Gasteiger partial charge in [0.05, 0.1) is 0 Å². The zero-order valence-electron chi connectivity index (χ0n) is 18.5. The maximum atomic E-state index is 12.7. The second-order valence-corrected chi connectivity index (χ2v) is 9.08. The number of amides is 1. The number of rotatable bonds is 16. The van der Waals surface area contributed by atoms with Gasteiger partial charge in [-0.2, -0.15) is 12.6 Å². The molecule has 1 aliphatic rings. The van der Waals surface area contributed by atoms with Gasteiger partial charge in [-0.25, -0.2) is 0 Å². The molecule has 1 rings (SSSR count). The van der Waals surface area contributed by atoms with Gasteiger partial charge in [0.1, 0.15) is 5.78 Å². The van der Waals surface area contributed by atoms with Gasteiger partial charge in [0.15, 0.2) is 0 Å². The normalized spacial score (nSPS) is 19.1. The molecule has 9 heteroatoms. The SMILES string of the molecule is CN(CCCCCC(=O)CCCS)CCCC(=O)C1CCCC[C@H]1C(=O)NB=NP. The average Bonchev–Trinajstić information content (AvgIpc) is 2.75. The Morgan fingerprint density at radius 2 is 1.67 bits per heavy atom. The molecule has 170 valence electrons. The molecule has 1 saturated carbocycles. The number of ketones is 2. The Hall–Kier alpha value is -0.585. The molecule has 0 heterocycles. The number of nitrogens with zero attached hydrogens (tertiary/aromatic N) is 2. The van der Waals surface area contributed by atoms with Gasteiger partial charge in [0, 0.05) is 12.8 Å². The van der Waals surface area contributed by atoms with Gasteiger partial charge in [0.25, 0.3) is 0 Å². The Balaban J connectivity index is 2.21. The van der Waals surface area contributed by atoms with Crippen molar-refractivity contribution >= 4 is 46.7 Å². The summed E-state index contributed by atoms with van der Waals surface area (Å²) in [6.07, 6.45) is 10.3. The van der Waals surface area contributed by atoms with E-state index in [4.69, 9.17) is 0 Å². The Kier molecular flexibility index (Phi) is 15.6. The van der Waals surface area contributed by atoms with Crippen molar-refractivity contribution in [2.45, 2.75) is 77.0 Å². The monoisotopic (exact) mass is 455 g/mol. The molecule has 6 nitrogen and oxygen atoms in total. The maximum absolute atomic E-state index is 12.7. The summed E-state index contributed by atoms with van der Waals surface area (Å²) in [6.45, 7) is 1.87. The molecule has 0 aromatic carbocycles. The van der Waals surface area contributed by atoms with Gasteiger partial charge in [-0.05, 0) is 18.6 Å². The summed E-state index contributed by atoms with van der Waals surface area (Å²) in [5.74, 6) is 0.905. The first-order valence-electron chi connectivity index (χ1n) is 11.4. The number of thiol groups is 1. The van der Waals surface area contributed by atoms with Gasteiger partial charge >= 0.3 is 136 Å². The third-order valence-electron chi connectivity index (χ3n) is 5.87. The average molecular weight is 455 g/mol. The van der Waals surface area contributed by atoms with Crippen LogP contribution in [0.15, 0.2) is 4.67 Å². The first-order chi connectivity index (χ1) is 14.5. The van der Waals surface area contributed by atoms with E-state index < -0.39 is 0 Å². The molecule has 0 aromatic rings. The third kappa shape index (κ3) is 11.7. The predicted octanol–water partition coefficient (Wildman–Crippen LogP) is 3.62. The van der Waals surface area contributed by atoms with Crippen LogP contribution in [0.2, 0.25) is 0 Å². The fraction of sp³-hybridized carbons (Fsp3) is 0.857. The van der Waals surface area contributed by atoms with Crippen LogP contribution in [-0.4, -0.2) is 55.5 Å². The molecule has 1 fully saturated rings. The molecule has 0 aliphatic heterocycles. The van der Waals surface area contributed by atoms with Crippen molar-refractivity contribution in [2.24, 2.45) is 16.5 Å². The Labute approximate surface area is 190 Å². The van der Waals surface area contributed by atoms with E-state index in [1.165, 1.54) is 7.21 Å². The topological polar surface area (TPSA) is 78.8 Å². The molecule has 1 aliphatic carbocycles. The number of carbonyl (C=O) groups excluding carboxylic acids is 3. The van der Waals surface area contributed by atoms with Crippen molar-refractivity contribution in [1.82, 2.24) is 10.1 Å². The summed E-state index contributed by atoms with van der Waals surface area (Å²) in [7, 11) is 5.64.